The van der Waals surface area contributed by atoms with Crippen molar-refractivity contribution in [2.75, 3.05) is 0 Å². The van der Waals surface area contributed by atoms with Crippen LogP contribution in [0, 0.1) is 5.82 Å². The van der Waals surface area contributed by atoms with Crippen molar-refractivity contribution < 1.29 is 17.5 Å². The molecule has 0 atom stereocenters. The molecule has 23 heavy (non-hydrogen) atoms. The van der Waals surface area contributed by atoms with Crippen molar-refractivity contribution in [1.82, 2.24) is 9.46 Å². The highest BCUT2D eigenvalue weighted by molar-refractivity contribution is 9.18. The Morgan fingerprint density at radius 2 is 1.91 bits per heavy atom. The molecule has 0 unspecified atom stereocenters. The van der Waals surface area contributed by atoms with Crippen LogP contribution in [0.15, 0.2) is 53.0 Å². The topological polar surface area (TPSA) is 20.8 Å². The first kappa shape index (κ1) is 15.0. The Labute approximate surface area is 146 Å². The van der Waals surface area contributed by atoms with E-state index in [0.29, 0.717) is 22.5 Å². The van der Waals surface area contributed by atoms with E-state index in [1.165, 1.54) is 12.3 Å². The molecule has 2 aliphatic heterocycles. The van der Waals surface area contributed by atoms with Gasteiger partial charge in [0.05, 0.1) is 16.4 Å². The van der Waals surface area contributed by atoms with Gasteiger partial charge >= 0.3 is 6.97 Å². The number of fused-ring (bicyclic) bond motifs is 2. The fourth-order valence-corrected chi connectivity index (χ4v) is 4.12. The third kappa shape index (κ3) is 2.02. The average molecular weight is 445 g/mol. The number of allylic oxidation sites excluding steroid dienone is 2. The van der Waals surface area contributed by atoms with Gasteiger partial charge in [0, 0.05) is 45.5 Å². The van der Waals surface area contributed by atoms with Crippen molar-refractivity contribution in [1.29, 1.82) is 0 Å². The zero-order valence-electron chi connectivity index (χ0n) is 11.4. The molecule has 116 valence electrons. The van der Waals surface area contributed by atoms with Gasteiger partial charge in [-0.2, -0.15) is 0 Å². The smallest absolute Gasteiger partial charge is 0.389 e. The highest BCUT2D eigenvalue weighted by Crippen LogP contribution is 2.41. The third-order valence-corrected chi connectivity index (χ3v) is 5.16. The minimum atomic E-state index is -4.07. The summed E-state index contributed by atoms with van der Waals surface area (Å²) in [7, 11) is 0. The Kier molecular flexibility index (Phi) is 3.21. The molecular formula is C14H7BBr2F3N3. The van der Waals surface area contributed by atoms with Crippen LogP contribution in [0.5, 0.6) is 0 Å². The molecule has 0 fully saturated rings. The summed E-state index contributed by atoms with van der Waals surface area (Å²) in [5.74, 6) is -0.521. The van der Waals surface area contributed by atoms with Gasteiger partial charge < -0.3 is 17.6 Å². The SMILES string of the molecule is Fc1cncc(C2=C3C=CC(Br)=[N+]3[B-](F)(F)n3c(Br)ccc32)c1. The van der Waals surface area contributed by atoms with Crippen molar-refractivity contribution in [3.05, 3.63) is 70.1 Å². The van der Waals surface area contributed by atoms with Crippen LogP contribution in [0.4, 0.5) is 13.0 Å². The van der Waals surface area contributed by atoms with Gasteiger partial charge in [0.25, 0.3) is 0 Å². The molecule has 0 spiro atoms. The van der Waals surface area contributed by atoms with Crippen molar-refractivity contribution >= 4 is 49.0 Å². The second kappa shape index (κ2) is 4.94. The summed E-state index contributed by atoms with van der Waals surface area (Å²) in [6.45, 7) is -4.07. The van der Waals surface area contributed by atoms with E-state index in [9.17, 15) is 13.0 Å². The fraction of sp³-hybridized carbons (Fsp3) is 0. The van der Waals surface area contributed by atoms with Gasteiger partial charge in [-0.1, -0.05) is 0 Å². The Bertz CT molecular complexity index is 946. The molecule has 9 heteroatoms. The zero-order valence-corrected chi connectivity index (χ0v) is 14.5. The van der Waals surface area contributed by atoms with Gasteiger partial charge in [-0.15, -0.1) is 0 Å². The van der Waals surface area contributed by atoms with Gasteiger partial charge in [-0.05, 0) is 34.1 Å². The van der Waals surface area contributed by atoms with E-state index in [2.05, 4.69) is 36.8 Å². The van der Waals surface area contributed by atoms with Crippen molar-refractivity contribution in [2.45, 2.75) is 0 Å². The summed E-state index contributed by atoms with van der Waals surface area (Å²) in [5, 5.41) is 0. The Morgan fingerprint density at radius 1 is 1.13 bits per heavy atom. The molecule has 0 bridgehead atoms. The molecule has 0 saturated heterocycles. The van der Waals surface area contributed by atoms with E-state index in [0.717, 1.165) is 15.2 Å². The van der Waals surface area contributed by atoms with E-state index >= 15 is 0 Å². The van der Waals surface area contributed by atoms with Crippen molar-refractivity contribution in [3.8, 4) is 0 Å². The maximum absolute atomic E-state index is 15.0. The van der Waals surface area contributed by atoms with Gasteiger partial charge in [0.2, 0.25) is 4.62 Å². The predicted molar refractivity (Wildman–Crippen MR) is 89.1 cm³/mol. The highest BCUT2D eigenvalue weighted by Gasteiger charge is 2.54. The standard InChI is InChI=1S/C14H7BBr2F3N3/c16-12-3-1-10-14(8-5-9(18)7-21-6-8)11-2-4-13(17)23(11)15(19,20)22(10)12/h1-7H. The monoisotopic (exact) mass is 443 g/mol. The normalized spacial score (nSPS) is 18.5. The summed E-state index contributed by atoms with van der Waals surface area (Å²) < 4.78 is 45.9. The van der Waals surface area contributed by atoms with E-state index in [-0.39, 0.29) is 9.22 Å². The van der Waals surface area contributed by atoms with E-state index in [1.807, 2.05) is 0 Å². The van der Waals surface area contributed by atoms with Gasteiger partial charge in [-0.25, -0.2) is 4.39 Å². The average Bonchev–Trinajstić information content (AvgIpc) is 3.05. The molecule has 0 N–H and O–H groups in total. The number of rotatable bonds is 1. The first-order valence-corrected chi connectivity index (χ1v) is 8.24. The van der Waals surface area contributed by atoms with Gasteiger partial charge in [0.1, 0.15) is 5.82 Å². The summed E-state index contributed by atoms with van der Waals surface area (Å²) in [6.07, 6.45) is 5.68. The van der Waals surface area contributed by atoms with Gasteiger partial charge in [0.15, 0.2) is 5.70 Å². The molecule has 0 aliphatic carbocycles. The largest absolute Gasteiger partial charge is 0.738 e. The summed E-state index contributed by atoms with van der Waals surface area (Å²) >= 11 is 6.35. The van der Waals surface area contributed by atoms with E-state index in [4.69, 9.17) is 0 Å². The highest BCUT2D eigenvalue weighted by atomic mass is 79.9. The molecule has 0 amide bonds. The van der Waals surface area contributed by atoms with Crippen LogP contribution in [-0.2, 0) is 0 Å². The van der Waals surface area contributed by atoms with Gasteiger partial charge in [-0.3, -0.25) is 4.98 Å². The number of aromatic nitrogens is 2. The third-order valence-electron chi connectivity index (χ3n) is 3.86. The maximum atomic E-state index is 15.0. The maximum Gasteiger partial charge on any atom is 0.738 e. The van der Waals surface area contributed by atoms with E-state index in [1.54, 1.807) is 24.3 Å². The van der Waals surface area contributed by atoms with Crippen LogP contribution in [-0.4, -0.2) is 25.5 Å². The van der Waals surface area contributed by atoms with Crippen molar-refractivity contribution in [2.24, 2.45) is 0 Å². The fourth-order valence-electron chi connectivity index (χ4n) is 2.98. The number of hydrogen-bond acceptors (Lipinski definition) is 1. The van der Waals surface area contributed by atoms with E-state index < -0.39 is 12.8 Å². The van der Waals surface area contributed by atoms with Crippen LogP contribution >= 0.6 is 31.9 Å². The first-order valence-electron chi connectivity index (χ1n) is 6.66. The molecule has 4 rings (SSSR count). The molecule has 4 heterocycles. The number of pyridine rings is 1. The molecule has 0 saturated carbocycles. The number of halogens is 5. The lowest BCUT2D eigenvalue weighted by Gasteiger charge is -2.32. The molecule has 0 radical (unpaired) electrons. The molecule has 2 aromatic rings. The molecular weight excluding hydrogens is 438 g/mol. The Hall–Kier alpha value is -1.61. The lowest BCUT2D eigenvalue weighted by Crippen LogP contribution is -2.50. The predicted octanol–water partition coefficient (Wildman–Crippen LogP) is 4.16. The molecule has 0 aromatic carbocycles. The molecule has 3 nitrogen and oxygen atoms in total. The van der Waals surface area contributed by atoms with Crippen LogP contribution < -0.4 is 0 Å². The minimum absolute atomic E-state index is 0.255. The summed E-state index contributed by atoms with van der Waals surface area (Å²) in [5.41, 5.74) is 1.57. The van der Waals surface area contributed by atoms with Crippen molar-refractivity contribution in [3.63, 3.8) is 0 Å². The lowest BCUT2D eigenvalue weighted by atomic mass is 9.87. The molecule has 2 aromatic heterocycles. The van der Waals surface area contributed by atoms with Crippen LogP contribution in [0.25, 0.3) is 5.57 Å². The van der Waals surface area contributed by atoms with Crippen LogP contribution in [0.1, 0.15) is 11.3 Å². The quantitative estimate of drug-likeness (QED) is 0.605. The second-order valence-corrected chi connectivity index (χ2v) is 6.80. The van der Waals surface area contributed by atoms with Crippen LogP contribution in [0.2, 0.25) is 0 Å². The zero-order chi connectivity index (χ0) is 16.4. The summed E-state index contributed by atoms with van der Waals surface area (Å²) in [4.78, 5) is 3.84. The Balaban J connectivity index is 2.12. The van der Waals surface area contributed by atoms with Crippen LogP contribution in [0.3, 0.4) is 0 Å². The second-order valence-electron chi connectivity index (χ2n) is 5.18. The Morgan fingerprint density at radius 3 is 2.65 bits per heavy atom. The first-order chi connectivity index (χ1) is 10.9. The number of hydrogen-bond donors (Lipinski definition) is 0. The minimum Gasteiger partial charge on any atom is -0.389 e. The summed E-state index contributed by atoms with van der Waals surface area (Å²) in [6, 6.07) is 4.43. The number of nitrogens with zero attached hydrogens (tertiary/aromatic N) is 3. The molecule has 2 aliphatic rings. The lowest BCUT2D eigenvalue weighted by molar-refractivity contribution is -0.358.